The van der Waals surface area contributed by atoms with Gasteiger partial charge >= 0.3 is 0 Å². The third-order valence-corrected chi connectivity index (χ3v) is 5.71. The normalized spacial score (nSPS) is 46.6. The zero-order valence-electron chi connectivity index (χ0n) is 9.56. The minimum Gasteiger partial charge on any atom is -0.392 e. The quantitative estimate of drug-likeness (QED) is 0.768. The van der Waals surface area contributed by atoms with Gasteiger partial charge in [-0.25, -0.2) is 0 Å². The summed E-state index contributed by atoms with van der Waals surface area (Å²) in [4.78, 5) is 0. The van der Waals surface area contributed by atoms with Crippen molar-refractivity contribution in [1.29, 1.82) is 5.26 Å². The number of nitrogens with zero attached hydrogens (tertiary/aromatic N) is 1. The number of hydrogen-bond donors (Lipinski definition) is 1. The van der Waals surface area contributed by atoms with Crippen molar-refractivity contribution in [3.8, 4) is 5.40 Å². The Bertz CT molecular complexity index is 287. The molecule has 4 fully saturated rings. The highest BCUT2D eigenvalue weighted by molar-refractivity contribution is 8.03. The van der Waals surface area contributed by atoms with Gasteiger partial charge in [-0.2, -0.15) is 5.26 Å². The predicted molar refractivity (Wildman–Crippen MR) is 64.7 cm³/mol. The van der Waals surface area contributed by atoms with Crippen LogP contribution in [0, 0.1) is 33.8 Å². The first-order valence-corrected chi connectivity index (χ1v) is 7.39. The number of aliphatic hydroxyl groups excluding tert-OH is 1. The zero-order valence-corrected chi connectivity index (χ0v) is 10.4. The molecule has 0 saturated heterocycles. The topological polar surface area (TPSA) is 44.0 Å². The third kappa shape index (κ3) is 1.67. The molecular formula is C13H19NOS. The van der Waals surface area contributed by atoms with Gasteiger partial charge in [-0.1, -0.05) is 0 Å². The van der Waals surface area contributed by atoms with Gasteiger partial charge in [0.05, 0.1) is 6.10 Å². The van der Waals surface area contributed by atoms with Gasteiger partial charge in [0.2, 0.25) is 0 Å². The molecule has 4 saturated carbocycles. The SMILES string of the molecule is N#CSCC(O)C12CC3CC(CC(C3)C1)C2. The summed E-state index contributed by atoms with van der Waals surface area (Å²) in [5.41, 5.74) is 0.193. The van der Waals surface area contributed by atoms with Crippen molar-refractivity contribution in [2.24, 2.45) is 23.2 Å². The molecule has 4 bridgehead atoms. The molecule has 16 heavy (non-hydrogen) atoms. The Balaban J connectivity index is 1.75. The fourth-order valence-electron chi connectivity index (χ4n) is 4.88. The summed E-state index contributed by atoms with van der Waals surface area (Å²) in [6.45, 7) is 0. The molecule has 3 heteroatoms. The van der Waals surface area contributed by atoms with E-state index >= 15 is 0 Å². The maximum Gasteiger partial charge on any atom is 0.133 e. The molecule has 0 aromatic heterocycles. The van der Waals surface area contributed by atoms with Crippen molar-refractivity contribution in [2.45, 2.75) is 44.6 Å². The lowest BCUT2D eigenvalue weighted by molar-refractivity contribution is -0.112. The van der Waals surface area contributed by atoms with Crippen LogP contribution < -0.4 is 0 Å². The maximum absolute atomic E-state index is 10.4. The van der Waals surface area contributed by atoms with Crippen LogP contribution in [-0.2, 0) is 0 Å². The van der Waals surface area contributed by atoms with Crippen LogP contribution in [0.25, 0.3) is 0 Å². The predicted octanol–water partition coefficient (Wildman–Crippen LogP) is 2.78. The highest BCUT2D eigenvalue weighted by Crippen LogP contribution is 2.61. The summed E-state index contributed by atoms with van der Waals surface area (Å²) in [7, 11) is 0. The summed E-state index contributed by atoms with van der Waals surface area (Å²) in [6, 6.07) is 0. The van der Waals surface area contributed by atoms with Gasteiger partial charge in [0.15, 0.2) is 0 Å². The van der Waals surface area contributed by atoms with Crippen molar-refractivity contribution in [2.75, 3.05) is 5.75 Å². The van der Waals surface area contributed by atoms with Crippen LogP contribution >= 0.6 is 11.8 Å². The summed E-state index contributed by atoms with van der Waals surface area (Å²) in [5.74, 6) is 3.26. The van der Waals surface area contributed by atoms with Gasteiger partial charge < -0.3 is 5.11 Å². The first-order chi connectivity index (χ1) is 7.72. The molecule has 0 spiro atoms. The molecule has 0 radical (unpaired) electrons. The minimum absolute atomic E-state index is 0.193. The third-order valence-electron chi connectivity index (χ3n) is 5.10. The van der Waals surface area contributed by atoms with Crippen molar-refractivity contribution in [1.82, 2.24) is 0 Å². The van der Waals surface area contributed by atoms with E-state index in [0.717, 1.165) is 17.8 Å². The van der Waals surface area contributed by atoms with E-state index in [1.807, 2.05) is 0 Å². The zero-order chi connectivity index (χ0) is 11.2. The summed E-state index contributed by atoms with van der Waals surface area (Å²) < 4.78 is 0. The summed E-state index contributed by atoms with van der Waals surface area (Å²) >= 11 is 1.22. The number of hydrogen-bond acceptors (Lipinski definition) is 3. The van der Waals surface area contributed by atoms with Crippen LogP contribution in [0.5, 0.6) is 0 Å². The van der Waals surface area contributed by atoms with E-state index in [1.165, 1.54) is 50.3 Å². The molecule has 4 aliphatic rings. The highest BCUT2D eigenvalue weighted by Gasteiger charge is 2.53. The Hall–Kier alpha value is -0.200. The Morgan fingerprint density at radius 3 is 2.12 bits per heavy atom. The van der Waals surface area contributed by atoms with Crippen LogP contribution in [0.4, 0.5) is 0 Å². The largest absolute Gasteiger partial charge is 0.392 e. The average molecular weight is 237 g/mol. The van der Waals surface area contributed by atoms with E-state index in [0.29, 0.717) is 5.75 Å². The van der Waals surface area contributed by atoms with Crippen molar-refractivity contribution < 1.29 is 5.11 Å². The van der Waals surface area contributed by atoms with Gasteiger partial charge in [0.1, 0.15) is 5.40 Å². The van der Waals surface area contributed by atoms with Crippen molar-refractivity contribution in [3.05, 3.63) is 0 Å². The van der Waals surface area contributed by atoms with E-state index in [9.17, 15) is 5.11 Å². The number of nitriles is 1. The van der Waals surface area contributed by atoms with Gasteiger partial charge in [0.25, 0.3) is 0 Å². The van der Waals surface area contributed by atoms with E-state index in [-0.39, 0.29) is 11.5 Å². The smallest absolute Gasteiger partial charge is 0.133 e. The molecule has 0 aromatic carbocycles. The molecule has 0 heterocycles. The van der Waals surface area contributed by atoms with E-state index < -0.39 is 0 Å². The van der Waals surface area contributed by atoms with Crippen LogP contribution in [0.3, 0.4) is 0 Å². The van der Waals surface area contributed by atoms with Crippen molar-refractivity contribution in [3.63, 3.8) is 0 Å². The molecule has 1 unspecified atom stereocenters. The molecule has 0 aromatic rings. The Labute approximate surface area is 101 Å². The van der Waals surface area contributed by atoms with Gasteiger partial charge in [-0.3, -0.25) is 0 Å². The fraction of sp³-hybridized carbons (Fsp3) is 0.923. The molecule has 88 valence electrons. The standard InChI is InChI=1S/C13H19NOS/c14-8-16-7-12(15)13-4-9-1-10(5-13)3-11(2-9)6-13/h9-12,15H,1-7H2. The highest BCUT2D eigenvalue weighted by atomic mass is 32.2. The van der Waals surface area contributed by atoms with E-state index in [4.69, 9.17) is 5.26 Å². The fourth-order valence-corrected chi connectivity index (χ4v) is 5.46. The number of aliphatic hydroxyl groups is 1. The van der Waals surface area contributed by atoms with Crippen molar-refractivity contribution >= 4 is 11.8 Å². The summed E-state index contributed by atoms with van der Waals surface area (Å²) in [6.07, 6.45) is 7.68. The molecule has 1 N–H and O–H groups in total. The molecule has 4 aliphatic carbocycles. The lowest BCUT2D eigenvalue weighted by Gasteiger charge is -2.58. The van der Waals surface area contributed by atoms with E-state index in [1.54, 1.807) is 0 Å². The molecule has 1 atom stereocenters. The second-order valence-electron chi connectivity index (χ2n) is 6.20. The average Bonchev–Trinajstić information content (AvgIpc) is 2.24. The lowest BCUT2D eigenvalue weighted by Crippen LogP contribution is -2.52. The number of rotatable bonds is 3. The van der Waals surface area contributed by atoms with Gasteiger partial charge in [-0.15, -0.1) is 0 Å². The van der Waals surface area contributed by atoms with E-state index in [2.05, 4.69) is 5.40 Å². The Morgan fingerprint density at radius 2 is 1.69 bits per heavy atom. The molecule has 4 rings (SSSR count). The van der Waals surface area contributed by atoms with Crippen LogP contribution in [0.15, 0.2) is 0 Å². The molecular weight excluding hydrogens is 218 g/mol. The molecule has 0 amide bonds. The summed E-state index contributed by atoms with van der Waals surface area (Å²) in [5, 5.41) is 21.1. The molecule has 0 aliphatic heterocycles. The second kappa shape index (κ2) is 3.92. The maximum atomic E-state index is 10.4. The number of thiocyanates is 1. The second-order valence-corrected chi connectivity index (χ2v) is 7.00. The van der Waals surface area contributed by atoms with Crippen LogP contribution in [0.1, 0.15) is 38.5 Å². The lowest BCUT2D eigenvalue weighted by atomic mass is 9.48. The van der Waals surface area contributed by atoms with Gasteiger partial charge in [0, 0.05) is 5.75 Å². The minimum atomic E-state index is -0.245. The van der Waals surface area contributed by atoms with Gasteiger partial charge in [-0.05, 0) is 73.5 Å². The van der Waals surface area contributed by atoms with Crippen LogP contribution in [0.2, 0.25) is 0 Å². The van der Waals surface area contributed by atoms with Crippen LogP contribution in [-0.4, -0.2) is 17.0 Å². The Kier molecular flexibility index (Phi) is 2.68. The first kappa shape index (κ1) is 10.9. The monoisotopic (exact) mass is 237 g/mol. The first-order valence-electron chi connectivity index (χ1n) is 6.41. The Morgan fingerprint density at radius 1 is 1.19 bits per heavy atom. The number of thioether (sulfide) groups is 1. The molecule has 2 nitrogen and oxygen atoms in total.